The Kier molecular flexibility index (Phi) is 32.6. The number of rotatable bonds is 36. The summed E-state index contributed by atoms with van der Waals surface area (Å²) in [5, 5.41) is 0. The van der Waals surface area contributed by atoms with Gasteiger partial charge < -0.3 is 14.2 Å². The van der Waals surface area contributed by atoms with Crippen molar-refractivity contribution in [2.45, 2.75) is 245 Å². The van der Waals surface area contributed by atoms with E-state index in [1.54, 1.807) is 0 Å². The molecule has 44 heavy (non-hydrogen) atoms. The van der Waals surface area contributed by atoms with Crippen LogP contribution in [0.3, 0.4) is 0 Å². The van der Waals surface area contributed by atoms with E-state index in [4.69, 9.17) is 14.2 Å². The van der Waals surface area contributed by atoms with E-state index in [0.29, 0.717) is 6.61 Å². The summed E-state index contributed by atoms with van der Waals surface area (Å²) < 4.78 is 18.4. The van der Waals surface area contributed by atoms with Crippen LogP contribution in [0.4, 0.5) is 0 Å². The van der Waals surface area contributed by atoms with Crippen LogP contribution in [-0.2, 0) is 14.2 Å². The molecule has 0 amide bonds. The molecule has 0 spiro atoms. The van der Waals surface area contributed by atoms with Gasteiger partial charge >= 0.3 is 0 Å². The Morgan fingerprint density at radius 2 is 0.659 bits per heavy atom. The lowest BCUT2D eigenvalue weighted by Crippen LogP contribution is -2.34. The van der Waals surface area contributed by atoms with E-state index in [9.17, 15) is 0 Å². The molecule has 0 aromatic rings. The molecule has 1 rings (SSSR count). The van der Waals surface area contributed by atoms with E-state index in [1.165, 1.54) is 205 Å². The van der Waals surface area contributed by atoms with Crippen LogP contribution in [0.25, 0.3) is 0 Å². The average molecular weight is 623 g/mol. The van der Waals surface area contributed by atoms with Gasteiger partial charge in [-0.3, -0.25) is 0 Å². The van der Waals surface area contributed by atoms with Crippen LogP contribution in [0.5, 0.6) is 0 Å². The summed E-state index contributed by atoms with van der Waals surface area (Å²) in [6.45, 7) is 9.16. The smallest absolute Gasteiger partial charge is 0.112 e. The molecule has 0 unspecified atom stereocenters. The molecule has 0 aromatic carbocycles. The van der Waals surface area contributed by atoms with Crippen molar-refractivity contribution in [2.75, 3.05) is 19.8 Å². The molecule has 1 fully saturated rings. The fraction of sp³-hybridized carbons (Fsp3) is 1.00. The summed E-state index contributed by atoms with van der Waals surface area (Å²) in [6, 6.07) is 0. The van der Waals surface area contributed by atoms with Gasteiger partial charge in [0, 0.05) is 13.2 Å². The van der Waals surface area contributed by atoms with Gasteiger partial charge in [-0.1, -0.05) is 206 Å². The minimum Gasteiger partial charge on any atom is -0.373 e. The molecule has 0 N–H and O–H groups in total. The molecule has 1 aliphatic rings. The van der Waals surface area contributed by atoms with Gasteiger partial charge in [0.05, 0.1) is 12.7 Å². The molecule has 3 heteroatoms. The van der Waals surface area contributed by atoms with E-state index in [1.807, 2.05) is 0 Å². The molecule has 1 aliphatic heterocycles. The highest BCUT2D eigenvalue weighted by atomic mass is 16.6. The maximum absolute atomic E-state index is 6.28. The fourth-order valence-electron chi connectivity index (χ4n) is 6.88. The predicted octanol–water partition coefficient (Wildman–Crippen LogP) is 13.7. The van der Waals surface area contributed by atoms with Crippen molar-refractivity contribution in [3.05, 3.63) is 0 Å². The monoisotopic (exact) mass is 623 g/mol. The molecule has 3 nitrogen and oxygen atoms in total. The van der Waals surface area contributed by atoms with E-state index >= 15 is 0 Å². The van der Waals surface area contributed by atoms with Crippen LogP contribution in [0.15, 0.2) is 0 Å². The molecular weight excluding hydrogens is 540 g/mol. The first-order valence-corrected chi connectivity index (χ1v) is 20.6. The maximum atomic E-state index is 6.28. The van der Waals surface area contributed by atoms with Crippen molar-refractivity contribution < 1.29 is 14.2 Å². The fourth-order valence-corrected chi connectivity index (χ4v) is 6.88. The Bertz CT molecular complexity index is 538. The van der Waals surface area contributed by atoms with Crippen LogP contribution >= 0.6 is 0 Å². The third-order valence-electron chi connectivity index (χ3n) is 9.99. The van der Waals surface area contributed by atoms with Gasteiger partial charge in [-0.05, 0) is 19.8 Å². The van der Waals surface area contributed by atoms with Crippen LogP contribution < -0.4 is 0 Å². The van der Waals surface area contributed by atoms with Gasteiger partial charge in [-0.25, -0.2) is 0 Å². The van der Waals surface area contributed by atoms with E-state index < -0.39 is 0 Å². The first-order chi connectivity index (χ1) is 21.8. The zero-order valence-electron chi connectivity index (χ0n) is 30.7. The van der Waals surface area contributed by atoms with Crippen LogP contribution in [0.2, 0.25) is 0 Å². The molecule has 264 valence electrons. The van der Waals surface area contributed by atoms with Crippen molar-refractivity contribution in [3.8, 4) is 0 Å². The number of hydrogen-bond acceptors (Lipinski definition) is 3. The lowest BCUT2D eigenvalue weighted by Gasteiger charge is -2.21. The first kappa shape index (κ1) is 41.9. The summed E-state index contributed by atoms with van der Waals surface area (Å²) in [5.41, 5.74) is 0. The molecule has 1 heterocycles. The maximum Gasteiger partial charge on any atom is 0.112 e. The standard InChI is InChI=1S/C41H82O3/c1-4-6-8-10-12-14-16-18-20-22-24-26-28-30-32-34-36-42-40-38-44-39(3)41(40)43-37-35-33-31-29-27-25-23-21-19-17-15-13-11-9-7-5-2/h39-41H,4-38H2,1-3H3/t39-,40+,41+/m1/s1. The summed E-state index contributed by atoms with van der Waals surface area (Å²) in [4.78, 5) is 0. The molecule has 3 atom stereocenters. The molecule has 0 saturated carbocycles. The van der Waals surface area contributed by atoms with Crippen molar-refractivity contribution in [1.29, 1.82) is 0 Å². The van der Waals surface area contributed by atoms with E-state index in [0.717, 1.165) is 13.2 Å². The second-order valence-electron chi connectivity index (χ2n) is 14.4. The lowest BCUT2D eigenvalue weighted by molar-refractivity contribution is -0.0600. The average Bonchev–Trinajstić information content (AvgIpc) is 3.38. The normalized spacial score (nSPS) is 18.5. The first-order valence-electron chi connectivity index (χ1n) is 20.6. The molecule has 0 aliphatic carbocycles. The summed E-state index contributed by atoms with van der Waals surface area (Å²) in [5.74, 6) is 0. The Hall–Kier alpha value is -0.120. The van der Waals surface area contributed by atoms with Crippen molar-refractivity contribution >= 4 is 0 Å². The largest absolute Gasteiger partial charge is 0.373 e. The zero-order chi connectivity index (χ0) is 31.6. The highest BCUT2D eigenvalue weighted by Gasteiger charge is 2.35. The van der Waals surface area contributed by atoms with Gasteiger partial charge in [-0.15, -0.1) is 0 Å². The van der Waals surface area contributed by atoms with Crippen molar-refractivity contribution in [2.24, 2.45) is 0 Å². The van der Waals surface area contributed by atoms with E-state index in [-0.39, 0.29) is 18.3 Å². The van der Waals surface area contributed by atoms with Crippen LogP contribution in [0.1, 0.15) is 226 Å². The molecule has 0 radical (unpaired) electrons. The third-order valence-corrected chi connectivity index (χ3v) is 9.99. The minimum absolute atomic E-state index is 0.118. The highest BCUT2D eigenvalue weighted by Crippen LogP contribution is 2.22. The van der Waals surface area contributed by atoms with Crippen LogP contribution in [0, 0.1) is 0 Å². The molecule has 1 saturated heterocycles. The molecular formula is C41H82O3. The van der Waals surface area contributed by atoms with Crippen molar-refractivity contribution in [3.63, 3.8) is 0 Å². The SMILES string of the molecule is CCCCCCCCCCCCCCCCCCO[C@@H]1[C@@H](OCCCCCCCCCCCCCCCCCC)CO[C@@H]1C. The topological polar surface area (TPSA) is 27.7 Å². The van der Waals surface area contributed by atoms with Crippen LogP contribution in [-0.4, -0.2) is 38.1 Å². The van der Waals surface area contributed by atoms with Gasteiger partial charge in [-0.2, -0.15) is 0 Å². The number of ether oxygens (including phenoxy) is 3. The summed E-state index contributed by atoms with van der Waals surface area (Å²) in [7, 11) is 0. The number of hydrogen-bond donors (Lipinski definition) is 0. The summed E-state index contributed by atoms with van der Waals surface area (Å²) >= 11 is 0. The number of unbranched alkanes of at least 4 members (excludes halogenated alkanes) is 30. The second-order valence-corrected chi connectivity index (χ2v) is 14.4. The lowest BCUT2D eigenvalue weighted by atomic mass is 10.0. The van der Waals surface area contributed by atoms with Gasteiger partial charge in [0.1, 0.15) is 12.2 Å². The Morgan fingerprint density at radius 1 is 0.386 bits per heavy atom. The summed E-state index contributed by atoms with van der Waals surface area (Å²) in [6.07, 6.45) is 45.4. The van der Waals surface area contributed by atoms with E-state index in [2.05, 4.69) is 20.8 Å². The molecule has 0 bridgehead atoms. The second kappa shape index (κ2) is 34.2. The predicted molar refractivity (Wildman–Crippen MR) is 194 cm³/mol. The Labute approximate surface area is 278 Å². The minimum atomic E-state index is 0.118. The molecule has 0 aromatic heterocycles. The van der Waals surface area contributed by atoms with Crippen molar-refractivity contribution in [1.82, 2.24) is 0 Å². The third kappa shape index (κ3) is 27.0. The highest BCUT2D eigenvalue weighted by molar-refractivity contribution is 4.83. The van der Waals surface area contributed by atoms with Gasteiger partial charge in [0.2, 0.25) is 0 Å². The Morgan fingerprint density at radius 3 is 0.977 bits per heavy atom. The Balaban J connectivity index is 1.83. The van der Waals surface area contributed by atoms with Gasteiger partial charge in [0.25, 0.3) is 0 Å². The quantitative estimate of drug-likeness (QED) is 0.0651. The van der Waals surface area contributed by atoms with Gasteiger partial charge in [0.15, 0.2) is 0 Å². The zero-order valence-corrected chi connectivity index (χ0v) is 30.7.